The summed E-state index contributed by atoms with van der Waals surface area (Å²) in [5, 5.41) is 19.1. The molecule has 0 aliphatic carbocycles. The molecule has 0 spiro atoms. The van der Waals surface area contributed by atoms with Gasteiger partial charge in [-0.25, -0.2) is 5.84 Å². The second-order valence-electron chi connectivity index (χ2n) is 3.32. The summed E-state index contributed by atoms with van der Waals surface area (Å²) >= 11 is 0. The van der Waals surface area contributed by atoms with Crippen LogP contribution in [-0.2, 0) is 9.63 Å². The first-order valence-electron chi connectivity index (χ1n) is 4.10. The molecule has 1 fully saturated rings. The first-order valence-corrected chi connectivity index (χ1v) is 4.10. The van der Waals surface area contributed by atoms with Crippen molar-refractivity contribution < 1.29 is 19.8 Å². The lowest BCUT2D eigenvalue weighted by Gasteiger charge is -2.26. The Hall–Kier alpha value is -0.690. The number of rotatable bonds is 3. The molecule has 1 rings (SSSR count). The predicted octanol–water partition coefficient (Wildman–Crippen LogP) is -0.561. The molecule has 0 bridgehead atoms. The average Bonchev–Trinajstić information content (AvgIpc) is 2.23. The Bertz CT molecular complexity index is 211. The summed E-state index contributed by atoms with van der Waals surface area (Å²) in [5.74, 6) is 4.40. The number of carboxylic acids is 1. The van der Waals surface area contributed by atoms with Crippen LogP contribution < -0.4 is 5.84 Å². The van der Waals surface area contributed by atoms with Crippen LogP contribution in [0.4, 0.5) is 0 Å². The van der Waals surface area contributed by atoms with Gasteiger partial charge in [0.2, 0.25) is 0 Å². The van der Waals surface area contributed by atoms with Gasteiger partial charge in [0.25, 0.3) is 0 Å². The number of hydrazine groups is 1. The van der Waals surface area contributed by atoms with Crippen molar-refractivity contribution in [3.8, 4) is 0 Å². The van der Waals surface area contributed by atoms with Gasteiger partial charge in [0, 0.05) is 19.3 Å². The third kappa shape index (κ3) is 2.38. The smallest absolute Gasteiger partial charge is 0.303 e. The fourth-order valence-electron chi connectivity index (χ4n) is 1.40. The Morgan fingerprint density at radius 3 is 2.85 bits per heavy atom. The summed E-state index contributed by atoms with van der Waals surface area (Å²) < 4.78 is 0. The van der Waals surface area contributed by atoms with Crippen LogP contribution in [0.3, 0.4) is 0 Å². The van der Waals surface area contributed by atoms with Crippen molar-refractivity contribution in [1.29, 1.82) is 0 Å². The molecule has 0 aromatic heterocycles. The van der Waals surface area contributed by atoms with E-state index in [1.807, 2.05) is 0 Å². The van der Waals surface area contributed by atoms with Gasteiger partial charge in [-0.15, -0.1) is 0 Å². The van der Waals surface area contributed by atoms with Gasteiger partial charge >= 0.3 is 5.97 Å². The quantitative estimate of drug-likeness (QED) is 0.516. The van der Waals surface area contributed by atoms with Crippen LogP contribution in [0.2, 0.25) is 0 Å². The van der Waals surface area contributed by atoms with Crippen LogP contribution in [-0.4, -0.2) is 33.2 Å². The number of aliphatic carboxylic acids is 1. The minimum Gasteiger partial charge on any atom is -0.481 e. The highest BCUT2D eigenvalue weighted by Crippen LogP contribution is 2.30. The number of nitrogens with zero attached hydrogens (tertiary/aromatic N) is 1. The third-order valence-electron chi connectivity index (χ3n) is 2.06. The summed E-state index contributed by atoms with van der Waals surface area (Å²) in [6.45, 7) is 1.76. The Labute approximate surface area is 75.8 Å². The molecule has 6 heteroatoms. The summed E-state index contributed by atoms with van der Waals surface area (Å²) in [7, 11) is 0. The molecule has 1 aliphatic heterocycles. The molecule has 1 aliphatic rings. The average molecular weight is 190 g/mol. The Morgan fingerprint density at radius 2 is 2.46 bits per heavy atom. The Morgan fingerprint density at radius 1 is 1.85 bits per heavy atom. The van der Waals surface area contributed by atoms with Crippen LogP contribution in [0.5, 0.6) is 0 Å². The van der Waals surface area contributed by atoms with Crippen molar-refractivity contribution in [1.82, 2.24) is 5.17 Å². The van der Waals surface area contributed by atoms with E-state index in [2.05, 4.69) is 0 Å². The van der Waals surface area contributed by atoms with Crippen molar-refractivity contribution in [2.45, 2.75) is 38.0 Å². The van der Waals surface area contributed by atoms with E-state index in [1.54, 1.807) is 6.92 Å². The zero-order chi connectivity index (χ0) is 10.1. The zero-order valence-electron chi connectivity index (χ0n) is 7.43. The standard InChI is InChI=1S/C7H14N2O4/c1-5-4-7(12,9(8)13-5)3-2-6(10)11/h5,12H,2-4,8H2,1H3,(H,10,11). The molecule has 0 aromatic rings. The maximum absolute atomic E-state index is 10.3. The van der Waals surface area contributed by atoms with Gasteiger partial charge in [0.1, 0.15) is 0 Å². The lowest BCUT2D eigenvalue weighted by Crippen LogP contribution is -2.47. The second-order valence-corrected chi connectivity index (χ2v) is 3.32. The molecule has 2 unspecified atom stereocenters. The van der Waals surface area contributed by atoms with E-state index in [9.17, 15) is 9.90 Å². The molecule has 0 saturated carbocycles. The van der Waals surface area contributed by atoms with E-state index in [0.717, 1.165) is 5.17 Å². The largest absolute Gasteiger partial charge is 0.481 e. The zero-order valence-corrected chi connectivity index (χ0v) is 7.43. The number of carboxylic acid groups (broad SMARTS) is 1. The highest BCUT2D eigenvalue weighted by molar-refractivity contribution is 5.66. The molecule has 4 N–H and O–H groups in total. The highest BCUT2D eigenvalue weighted by atomic mass is 16.7. The van der Waals surface area contributed by atoms with Crippen LogP contribution in [0.1, 0.15) is 26.2 Å². The molecule has 6 nitrogen and oxygen atoms in total. The first kappa shape index (κ1) is 10.4. The predicted molar refractivity (Wildman–Crippen MR) is 43.0 cm³/mol. The van der Waals surface area contributed by atoms with Gasteiger partial charge < -0.3 is 10.2 Å². The van der Waals surface area contributed by atoms with Crippen molar-refractivity contribution in [2.75, 3.05) is 0 Å². The molecule has 13 heavy (non-hydrogen) atoms. The number of aliphatic hydroxyl groups is 1. The Balaban J connectivity index is 2.50. The second kappa shape index (κ2) is 3.59. The van der Waals surface area contributed by atoms with Crippen LogP contribution >= 0.6 is 0 Å². The van der Waals surface area contributed by atoms with Gasteiger partial charge in [-0.2, -0.15) is 0 Å². The normalized spacial score (nSPS) is 35.2. The molecule has 0 amide bonds. The highest BCUT2D eigenvalue weighted by Gasteiger charge is 2.42. The number of hydrogen-bond donors (Lipinski definition) is 3. The molecule has 0 radical (unpaired) electrons. The van der Waals surface area contributed by atoms with E-state index < -0.39 is 11.7 Å². The van der Waals surface area contributed by atoms with Crippen LogP contribution in [0.25, 0.3) is 0 Å². The fraction of sp³-hybridized carbons (Fsp3) is 0.857. The number of nitrogens with two attached hydrogens (primary N) is 1. The van der Waals surface area contributed by atoms with Gasteiger partial charge in [0.05, 0.1) is 6.10 Å². The van der Waals surface area contributed by atoms with Gasteiger partial charge in [-0.1, -0.05) is 5.17 Å². The molecular formula is C7H14N2O4. The van der Waals surface area contributed by atoms with Crippen molar-refractivity contribution >= 4 is 5.97 Å². The minimum absolute atomic E-state index is 0.0726. The topological polar surface area (TPSA) is 96.0 Å². The number of hydroxylamine groups is 1. The van der Waals surface area contributed by atoms with Gasteiger partial charge in [-0.3, -0.25) is 9.63 Å². The summed E-state index contributed by atoms with van der Waals surface area (Å²) in [6, 6.07) is 0. The maximum Gasteiger partial charge on any atom is 0.303 e. The SMILES string of the molecule is CC1CC(O)(CCC(=O)O)N(N)O1. The molecule has 1 saturated heterocycles. The van der Waals surface area contributed by atoms with E-state index in [0.29, 0.717) is 6.42 Å². The number of carbonyl (C=O) groups is 1. The lowest BCUT2D eigenvalue weighted by molar-refractivity contribution is -0.251. The van der Waals surface area contributed by atoms with E-state index in [1.165, 1.54) is 0 Å². The van der Waals surface area contributed by atoms with Crippen molar-refractivity contribution in [3.05, 3.63) is 0 Å². The lowest BCUT2D eigenvalue weighted by atomic mass is 10.0. The Kier molecular flexibility index (Phi) is 2.87. The fourth-order valence-corrected chi connectivity index (χ4v) is 1.40. The molecule has 1 heterocycles. The van der Waals surface area contributed by atoms with Crippen molar-refractivity contribution in [2.24, 2.45) is 5.84 Å². The summed E-state index contributed by atoms with van der Waals surface area (Å²) in [5.41, 5.74) is -1.34. The van der Waals surface area contributed by atoms with E-state index in [4.69, 9.17) is 15.8 Å². The van der Waals surface area contributed by atoms with E-state index in [-0.39, 0.29) is 18.9 Å². The summed E-state index contributed by atoms with van der Waals surface area (Å²) in [6.07, 6.45) is 0.101. The van der Waals surface area contributed by atoms with Crippen LogP contribution in [0.15, 0.2) is 0 Å². The van der Waals surface area contributed by atoms with Crippen LogP contribution in [0, 0.1) is 0 Å². The van der Waals surface area contributed by atoms with Gasteiger partial charge in [-0.05, 0) is 6.92 Å². The van der Waals surface area contributed by atoms with Crippen molar-refractivity contribution in [3.63, 3.8) is 0 Å². The maximum atomic E-state index is 10.3. The monoisotopic (exact) mass is 190 g/mol. The molecular weight excluding hydrogens is 176 g/mol. The molecule has 2 atom stereocenters. The van der Waals surface area contributed by atoms with Gasteiger partial charge in [0.15, 0.2) is 5.72 Å². The molecule has 0 aromatic carbocycles. The van der Waals surface area contributed by atoms with E-state index >= 15 is 0 Å². The molecule has 76 valence electrons. The first-order chi connectivity index (χ1) is 5.94. The number of hydrogen-bond acceptors (Lipinski definition) is 5. The minimum atomic E-state index is -1.34. The third-order valence-corrected chi connectivity index (χ3v) is 2.06. The summed E-state index contributed by atoms with van der Waals surface area (Å²) in [4.78, 5) is 15.3.